The van der Waals surface area contributed by atoms with Crippen molar-refractivity contribution in [1.29, 1.82) is 0 Å². The Labute approximate surface area is 166 Å². The molecule has 1 amide bonds. The van der Waals surface area contributed by atoms with Gasteiger partial charge in [0.15, 0.2) is 6.10 Å². The molecule has 1 aromatic rings. The van der Waals surface area contributed by atoms with Crippen LogP contribution in [-0.4, -0.2) is 61.8 Å². The van der Waals surface area contributed by atoms with E-state index in [2.05, 4.69) is 0 Å². The summed E-state index contributed by atoms with van der Waals surface area (Å²) in [7, 11) is -3.66. The van der Waals surface area contributed by atoms with Gasteiger partial charge in [0, 0.05) is 26.2 Å². The summed E-state index contributed by atoms with van der Waals surface area (Å²) in [6, 6.07) is 4.52. The van der Waals surface area contributed by atoms with E-state index in [0.29, 0.717) is 31.7 Å². The van der Waals surface area contributed by atoms with Crippen molar-refractivity contribution in [3.8, 4) is 0 Å². The number of carbonyl (C=O) groups excluding carboxylic acids is 2. The van der Waals surface area contributed by atoms with E-state index in [1.807, 2.05) is 0 Å². The molecule has 2 fully saturated rings. The number of likely N-dealkylation sites (tertiary alicyclic amines) is 1. The molecular weight excluding hydrogens is 380 g/mol. The van der Waals surface area contributed by atoms with Gasteiger partial charge in [-0.25, -0.2) is 13.2 Å². The Hall–Kier alpha value is -1.93. The van der Waals surface area contributed by atoms with Gasteiger partial charge in [-0.15, -0.1) is 0 Å². The highest BCUT2D eigenvalue weighted by Gasteiger charge is 2.30. The minimum absolute atomic E-state index is 0.127. The van der Waals surface area contributed by atoms with Crippen LogP contribution in [0.15, 0.2) is 23.1 Å². The van der Waals surface area contributed by atoms with E-state index in [9.17, 15) is 18.0 Å². The summed E-state index contributed by atoms with van der Waals surface area (Å²) < 4.78 is 32.8. The van der Waals surface area contributed by atoms with Crippen LogP contribution in [0.4, 0.5) is 0 Å². The van der Waals surface area contributed by atoms with Gasteiger partial charge in [-0.05, 0) is 57.2 Å². The van der Waals surface area contributed by atoms with Crippen LogP contribution < -0.4 is 0 Å². The summed E-state index contributed by atoms with van der Waals surface area (Å²) in [6.45, 7) is 5.63. The first-order chi connectivity index (χ1) is 13.3. The molecule has 3 rings (SSSR count). The fourth-order valence-corrected chi connectivity index (χ4v) is 5.49. The lowest BCUT2D eigenvalue weighted by molar-refractivity contribution is -0.138. The second-order valence-corrected chi connectivity index (χ2v) is 9.43. The third-order valence-electron chi connectivity index (χ3n) is 5.41. The largest absolute Gasteiger partial charge is 0.449 e. The van der Waals surface area contributed by atoms with Crippen molar-refractivity contribution in [3.05, 3.63) is 29.3 Å². The average molecular weight is 409 g/mol. The van der Waals surface area contributed by atoms with Gasteiger partial charge >= 0.3 is 5.97 Å². The van der Waals surface area contributed by atoms with Crippen molar-refractivity contribution in [2.45, 2.75) is 57.0 Å². The van der Waals surface area contributed by atoms with Gasteiger partial charge in [-0.1, -0.05) is 12.5 Å². The third-order valence-corrected chi connectivity index (χ3v) is 7.45. The molecule has 28 heavy (non-hydrogen) atoms. The monoisotopic (exact) mass is 408 g/mol. The van der Waals surface area contributed by atoms with E-state index in [-0.39, 0.29) is 16.4 Å². The molecule has 154 valence electrons. The van der Waals surface area contributed by atoms with Crippen molar-refractivity contribution >= 4 is 21.9 Å². The zero-order valence-corrected chi connectivity index (χ0v) is 17.3. The van der Waals surface area contributed by atoms with Crippen molar-refractivity contribution < 1.29 is 22.7 Å². The Bertz CT molecular complexity index is 840. The number of rotatable bonds is 5. The Kier molecular flexibility index (Phi) is 6.40. The van der Waals surface area contributed by atoms with Crippen molar-refractivity contribution in [2.24, 2.45) is 0 Å². The summed E-state index contributed by atoms with van der Waals surface area (Å²) in [5.41, 5.74) is 0.727. The number of hydrogen-bond donors (Lipinski definition) is 0. The molecule has 0 spiro atoms. The van der Waals surface area contributed by atoms with Crippen LogP contribution in [-0.2, 0) is 19.6 Å². The normalized spacial score (nSPS) is 19.4. The predicted octanol–water partition coefficient (Wildman–Crippen LogP) is 2.34. The molecule has 2 saturated heterocycles. The number of piperidine rings is 1. The first-order valence-corrected chi connectivity index (χ1v) is 11.4. The van der Waals surface area contributed by atoms with Crippen LogP contribution in [0, 0.1) is 6.92 Å². The fourth-order valence-electron chi connectivity index (χ4n) is 3.72. The molecule has 8 heteroatoms. The van der Waals surface area contributed by atoms with Gasteiger partial charge in [0.05, 0.1) is 10.5 Å². The van der Waals surface area contributed by atoms with E-state index in [4.69, 9.17) is 4.74 Å². The molecule has 0 aromatic heterocycles. The molecular formula is C20H28N2O5S. The second kappa shape index (κ2) is 8.61. The first-order valence-electron chi connectivity index (χ1n) is 9.91. The highest BCUT2D eigenvalue weighted by atomic mass is 32.2. The lowest BCUT2D eigenvalue weighted by Gasteiger charge is -2.26. The fraction of sp³-hybridized carbons (Fsp3) is 0.600. The molecule has 0 aliphatic carbocycles. The number of esters is 1. The quantitative estimate of drug-likeness (QED) is 0.698. The van der Waals surface area contributed by atoms with E-state index < -0.39 is 22.1 Å². The number of amides is 1. The van der Waals surface area contributed by atoms with Gasteiger partial charge in [-0.3, -0.25) is 4.79 Å². The van der Waals surface area contributed by atoms with E-state index in [1.165, 1.54) is 10.4 Å². The number of hydrogen-bond acceptors (Lipinski definition) is 5. The number of benzene rings is 1. The number of carbonyl (C=O) groups is 2. The summed E-state index contributed by atoms with van der Waals surface area (Å²) >= 11 is 0. The minimum atomic E-state index is -3.66. The highest BCUT2D eigenvalue weighted by molar-refractivity contribution is 7.89. The van der Waals surface area contributed by atoms with Crippen LogP contribution >= 0.6 is 0 Å². The molecule has 0 N–H and O–H groups in total. The van der Waals surface area contributed by atoms with Gasteiger partial charge in [0.1, 0.15) is 0 Å². The van der Waals surface area contributed by atoms with Crippen LogP contribution in [0.2, 0.25) is 0 Å². The molecule has 0 unspecified atom stereocenters. The Morgan fingerprint density at radius 3 is 2.25 bits per heavy atom. The van der Waals surface area contributed by atoms with Crippen LogP contribution in [0.5, 0.6) is 0 Å². The molecule has 0 bridgehead atoms. The zero-order chi connectivity index (χ0) is 20.3. The highest BCUT2D eigenvalue weighted by Crippen LogP contribution is 2.25. The molecule has 1 aromatic carbocycles. The summed E-state index contributed by atoms with van der Waals surface area (Å²) in [6.07, 6.45) is 3.74. The Morgan fingerprint density at radius 1 is 1.00 bits per heavy atom. The molecule has 0 saturated carbocycles. The second-order valence-electron chi connectivity index (χ2n) is 7.52. The average Bonchev–Trinajstić information content (AvgIpc) is 3.23. The molecule has 2 heterocycles. The molecule has 0 radical (unpaired) electrons. The van der Waals surface area contributed by atoms with E-state index in [0.717, 1.165) is 32.1 Å². The number of sulfonamides is 1. The summed E-state index contributed by atoms with van der Waals surface area (Å²) in [4.78, 5) is 26.7. The number of ether oxygens (including phenoxy) is 1. The number of nitrogens with zero attached hydrogens (tertiary/aromatic N) is 2. The summed E-state index contributed by atoms with van der Waals surface area (Å²) in [5, 5.41) is 0. The minimum Gasteiger partial charge on any atom is -0.449 e. The first kappa shape index (κ1) is 20.8. The molecule has 2 aliphatic heterocycles. The Morgan fingerprint density at radius 2 is 1.61 bits per heavy atom. The summed E-state index contributed by atoms with van der Waals surface area (Å²) in [5.74, 6) is -0.894. The maximum absolute atomic E-state index is 13.0. The zero-order valence-electron chi connectivity index (χ0n) is 16.5. The SMILES string of the molecule is Cc1ccc(C(=O)O[C@H](C)C(=O)N2CCCC2)cc1S(=O)(=O)N1CCCCC1. The van der Waals surface area contributed by atoms with E-state index in [1.54, 1.807) is 30.9 Å². The van der Waals surface area contributed by atoms with Crippen molar-refractivity contribution in [1.82, 2.24) is 9.21 Å². The van der Waals surface area contributed by atoms with Gasteiger partial charge in [0.25, 0.3) is 5.91 Å². The van der Waals surface area contributed by atoms with Crippen molar-refractivity contribution in [2.75, 3.05) is 26.2 Å². The molecule has 1 atom stereocenters. The standard InChI is InChI=1S/C20H28N2O5S/c1-15-8-9-17(14-18(15)28(25,26)22-12-4-3-5-13-22)20(24)27-16(2)19(23)21-10-6-7-11-21/h8-9,14,16H,3-7,10-13H2,1-2H3/t16-/m1/s1. The third kappa shape index (κ3) is 4.38. The molecule has 2 aliphatic rings. The molecule has 7 nitrogen and oxygen atoms in total. The van der Waals surface area contributed by atoms with E-state index >= 15 is 0 Å². The lowest BCUT2D eigenvalue weighted by Crippen LogP contribution is -2.38. The van der Waals surface area contributed by atoms with Crippen LogP contribution in [0.3, 0.4) is 0 Å². The van der Waals surface area contributed by atoms with Gasteiger partial charge in [-0.2, -0.15) is 4.31 Å². The predicted molar refractivity (Wildman–Crippen MR) is 104 cm³/mol. The van der Waals surface area contributed by atoms with Crippen molar-refractivity contribution in [3.63, 3.8) is 0 Å². The van der Waals surface area contributed by atoms with Crippen LogP contribution in [0.1, 0.15) is 54.9 Å². The topological polar surface area (TPSA) is 84.0 Å². The van der Waals surface area contributed by atoms with Crippen LogP contribution in [0.25, 0.3) is 0 Å². The van der Waals surface area contributed by atoms with Gasteiger partial charge in [0.2, 0.25) is 10.0 Å². The van der Waals surface area contributed by atoms with Gasteiger partial charge < -0.3 is 9.64 Å². The maximum Gasteiger partial charge on any atom is 0.338 e. The Balaban J connectivity index is 1.76. The maximum atomic E-state index is 13.0. The lowest BCUT2D eigenvalue weighted by atomic mass is 10.1. The number of aryl methyl sites for hydroxylation is 1. The smallest absolute Gasteiger partial charge is 0.338 e.